The summed E-state index contributed by atoms with van der Waals surface area (Å²) in [6.45, 7) is 10.2. The fourth-order valence-corrected chi connectivity index (χ4v) is 13.7. The molecule has 6 heterocycles. The molecule has 6 aliphatic heterocycles. The third-order valence-corrected chi connectivity index (χ3v) is 19.9. The van der Waals surface area contributed by atoms with Gasteiger partial charge in [-0.05, 0) is 213 Å². The molecule has 5 atom stereocenters. The van der Waals surface area contributed by atoms with Crippen LogP contribution in [0.1, 0.15) is 149 Å². The van der Waals surface area contributed by atoms with Gasteiger partial charge in [-0.15, -0.1) is 24.8 Å². The quantitative estimate of drug-likeness (QED) is 0.0152. The number of aryl methyl sites for hydroxylation is 7. The van der Waals surface area contributed by atoms with Crippen molar-refractivity contribution < 1.29 is 144 Å². The van der Waals surface area contributed by atoms with Crippen LogP contribution in [0.4, 0.5) is 105 Å². The van der Waals surface area contributed by atoms with Gasteiger partial charge in [-0.25, -0.2) is 71.1 Å². The maximum absolute atomic E-state index is 14.0. The Morgan fingerprint density at radius 3 is 1.18 bits per heavy atom. The summed E-state index contributed by atoms with van der Waals surface area (Å²) in [5.41, 5.74) is 27.1. The standard InChI is InChI=1S/C16H20F2N2O3.C15H18F2N2O3.C11H12F2N2O.C10H8F2INO.C10H10F2N2O.C10H9F2NO.C10H8F2O.2ClH.N3.Na/c1-16(2,3)23-15(22)19-12-6-5-9-7-10(17)8-11(18)13(9)20(4)14(12)21;1-15(2,3)22-14(21)18-11-5-4-8-6-9(16)7-10(17)12(8)19-13(11)20;1-15-10-6(2-3-9(14)11(15)16)4-7(12)5-8(10)13;2*11-6-3-5-1-2-8(13)10(15)14-9(5)7(12)4-6;11-7-4-6-2-1-3-9(14)13-10(6)8(12)5-7;11-7-4-6-2-1-3-9(13)10(6)8(12)5-7;;;1-3-2;/h7-8,12H,5-6H2,1-4H3,(H,19,22);6-7,11H,4-5H2,1-3H3,(H,18,21)(H,19,20);4-5,9H,2-3,14H2,1H3;3-4,8H,1-2H2,(H,14,15);3-4,8H,1-2,13H2,(H,14,15);4-5H,1-3H2,(H,13,14);4-5H,1-3H2;2*1H;;/q;;;;;;;;;-1;+1. The number of nitrogens with two attached hydrogens (primary N) is 2. The molecule has 0 bridgehead atoms. The Hall–Kier alpha value is -9.87. The van der Waals surface area contributed by atoms with Crippen molar-refractivity contribution in [1.29, 1.82) is 0 Å². The molecule has 124 heavy (non-hydrogen) atoms. The number of anilines is 6. The van der Waals surface area contributed by atoms with E-state index in [-0.39, 0.29) is 147 Å². The van der Waals surface area contributed by atoms with Gasteiger partial charge in [0, 0.05) is 69.4 Å². The van der Waals surface area contributed by atoms with Gasteiger partial charge in [-0.2, -0.15) is 0 Å². The van der Waals surface area contributed by atoms with Crippen LogP contribution in [0, 0.1) is 81.4 Å². The van der Waals surface area contributed by atoms with Crippen molar-refractivity contribution in [2.75, 3.05) is 45.2 Å². The molecule has 1 aliphatic carbocycles. The topological polar surface area (TPSA) is 361 Å². The van der Waals surface area contributed by atoms with Gasteiger partial charge in [0.1, 0.15) is 105 Å². The number of Topliss-reactive ketones (excluding diaryl/α,β-unsaturated/α-hetero) is 1. The minimum absolute atomic E-state index is 0. The zero-order chi connectivity index (χ0) is 90.0. The number of ketones is 1. The second kappa shape index (κ2) is 47.5. The summed E-state index contributed by atoms with van der Waals surface area (Å²) >= 11 is 2.00. The van der Waals surface area contributed by atoms with E-state index in [4.69, 9.17) is 32.0 Å². The van der Waals surface area contributed by atoms with E-state index in [0.717, 1.165) is 41.3 Å². The van der Waals surface area contributed by atoms with Crippen molar-refractivity contribution in [3.05, 3.63) is 227 Å². The Balaban J connectivity index is 0.000000303. The molecule has 0 spiro atoms. The van der Waals surface area contributed by atoms with Gasteiger partial charge >= 0.3 is 41.7 Å². The molecule has 0 saturated heterocycles. The molecule has 14 rings (SSSR count). The van der Waals surface area contributed by atoms with Gasteiger partial charge in [-0.3, -0.25) is 38.5 Å². The third-order valence-electron chi connectivity index (χ3n) is 18.7. The number of nitrogens with zero attached hydrogens (tertiary/aromatic N) is 5. The number of benzene rings is 7. The Morgan fingerprint density at radius 2 is 0.726 bits per heavy atom. The predicted molar refractivity (Wildman–Crippen MR) is 442 cm³/mol. The molecular weight excluding hydrogens is 1830 g/mol. The predicted octanol–water partition coefficient (Wildman–Crippen LogP) is 14.0. The summed E-state index contributed by atoms with van der Waals surface area (Å²) < 4.78 is 195. The van der Waals surface area contributed by atoms with Gasteiger partial charge in [0.05, 0.1) is 55.7 Å². The van der Waals surface area contributed by atoms with Gasteiger partial charge in [-0.1, -0.05) is 22.6 Å². The Bertz CT molecular complexity index is 5070. The van der Waals surface area contributed by atoms with Crippen LogP contribution in [0.2, 0.25) is 0 Å². The molecule has 0 radical (unpaired) electrons. The number of nitrogens with one attached hydrogen (secondary N) is 6. The molecule has 7 aromatic rings. The number of fused-ring (bicyclic) bond motifs is 7. The van der Waals surface area contributed by atoms with Crippen LogP contribution >= 0.6 is 47.4 Å². The van der Waals surface area contributed by atoms with E-state index < -0.39 is 147 Å². The summed E-state index contributed by atoms with van der Waals surface area (Å²) in [5, 5.41) is 14.6. The summed E-state index contributed by atoms with van der Waals surface area (Å²) in [5.74, 6) is -12.2. The van der Waals surface area contributed by atoms with Crippen LogP contribution in [0.15, 0.2) is 84.9 Å². The number of alkyl halides is 1. The van der Waals surface area contributed by atoms with E-state index in [9.17, 15) is 105 Å². The zero-order valence-electron chi connectivity index (χ0n) is 68.2. The van der Waals surface area contributed by atoms with Crippen LogP contribution in [-0.2, 0) is 83.2 Å². The Morgan fingerprint density at radius 1 is 0.411 bits per heavy atom. The van der Waals surface area contributed by atoms with Crippen molar-refractivity contribution in [3.63, 3.8) is 0 Å². The van der Waals surface area contributed by atoms with E-state index in [1.165, 1.54) is 66.4 Å². The van der Waals surface area contributed by atoms with Crippen molar-refractivity contribution in [1.82, 2.24) is 10.6 Å². The second-order valence-corrected chi connectivity index (χ2v) is 31.7. The van der Waals surface area contributed by atoms with Crippen molar-refractivity contribution >= 4 is 135 Å². The normalized spacial score (nSPS) is 17.7. The number of alkyl carbamates (subject to hydrolysis) is 2. The summed E-state index contributed by atoms with van der Waals surface area (Å²) in [6, 6.07) is 10.9. The molecule has 0 fully saturated rings. The molecule has 7 aliphatic rings. The SMILES string of the molecule is CC(C)(C)OC(=O)NC1CCc2cc(F)cc(F)c2NC1=O.CN1C(=O)C(N)CCc2cc(F)cc(F)c21.CN1C(=O)C(NC(=O)OC(C)(C)C)CCc2cc(F)cc(F)c21.Cl.Cl.NC1CCc2cc(F)cc(F)c2NC1=O.O=C1CCCc2cc(F)cc(F)c21.O=C1CCCc2cc(F)cc(F)c2N1.O=C1Nc2c(F)cc(F)cc2CCC1I.[N-]=[N+]=[N-].[Na+]. The minimum atomic E-state index is -0.871. The number of carbonyl (C=O) groups is 9. The maximum Gasteiger partial charge on any atom is 1.00 e. The van der Waals surface area contributed by atoms with Gasteiger partial charge in [0.25, 0.3) is 0 Å². The second-order valence-electron chi connectivity index (χ2n) is 30.2. The molecule has 7 aromatic carbocycles. The Labute approximate surface area is 751 Å². The van der Waals surface area contributed by atoms with Crippen LogP contribution in [0.3, 0.4) is 0 Å². The molecule has 24 nitrogen and oxygen atoms in total. The molecule has 0 aromatic heterocycles. The van der Waals surface area contributed by atoms with Crippen molar-refractivity contribution in [2.24, 2.45) is 11.5 Å². The summed E-state index contributed by atoms with van der Waals surface area (Å²) in [7, 11) is 2.85. The first-order valence-corrected chi connectivity index (χ1v) is 38.7. The number of amides is 8. The van der Waals surface area contributed by atoms with Crippen molar-refractivity contribution in [2.45, 2.75) is 184 Å². The average Bonchev–Trinajstić information content (AvgIpc) is 1.65. The molecule has 5 unspecified atom stereocenters. The number of carbonyl (C=O) groups excluding carboxylic acids is 9. The largest absolute Gasteiger partial charge is 1.00 e. The number of likely N-dealkylation sites (N-methyl/N-ethyl adjacent to an activating group) is 2. The average molecular weight is 1920 g/mol. The minimum Gasteiger partial charge on any atom is -0.444 e. The fraction of sp³-hybridized carbons (Fsp3) is 0.378. The van der Waals surface area contributed by atoms with Gasteiger partial charge in [0.2, 0.25) is 35.4 Å². The smallest absolute Gasteiger partial charge is 0.444 e. The van der Waals surface area contributed by atoms with E-state index in [0.29, 0.717) is 122 Å². The molecular formula is C82H87Cl2F14IN13NaO11. The van der Waals surface area contributed by atoms with Gasteiger partial charge in [0.15, 0.2) is 5.78 Å². The van der Waals surface area contributed by atoms with Crippen LogP contribution in [0.25, 0.3) is 16.0 Å². The summed E-state index contributed by atoms with van der Waals surface area (Å²) in [6.07, 6.45) is 5.39. The molecule has 42 heteroatoms. The van der Waals surface area contributed by atoms with Gasteiger partial charge < -0.3 is 73.7 Å². The van der Waals surface area contributed by atoms with Crippen LogP contribution < -0.4 is 82.7 Å². The van der Waals surface area contributed by atoms with E-state index in [2.05, 4.69) is 31.9 Å². The molecule has 0 saturated carbocycles. The number of rotatable bonds is 2. The van der Waals surface area contributed by atoms with Crippen LogP contribution in [-0.4, -0.2) is 107 Å². The first-order chi connectivity index (χ1) is 56.6. The molecule has 8 amide bonds. The fourth-order valence-electron chi connectivity index (χ4n) is 13.2. The maximum atomic E-state index is 14.0. The van der Waals surface area contributed by atoms with Crippen LogP contribution in [0.5, 0.6) is 0 Å². The van der Waals surface area contributed by atoms with Crippen molar-refractivity contribution in [3.8, 4) is 0 Å². The zero-order valence-corrected chi connectivity index (χ0v) is 73.9. The first-order valence-electron chi connectivity index (χ1n) is 37.4. The van der Waals surface area contributed by atoms with E-state index in [1.54, 1.807) is 41.5 Å². The number of halogens is 17. The van der Waals surface area contributed by atoms with E-state index in [1.807, 2.05) is 22.6 Å². The number of hydrogen-bond donors (Lipinski definition) is 8. The molecule has 10 N–H and O–H groups in total. The number of ether oxygens (including phenoxy) is 2. The third kappa shape index (κ3) is 30.5. The monoisotopic (exact) mass is 1920 g/mol. The Kier molecular flexibility index (Phi) is 40.7. The van der Waals surface area contributed by atoms with E-state index >= 15 is 0 Å². The molecule has 666 valence electrons. The number of hydrogen-bond acceptors (Lipinski definition) is 13. The first kappa shape index (κ1) is 106. The summed E-state index contributed by atoms with van der Waals surface area (Å²) in [4.78, 5) is 109.